The Kier molecular flexibility index (Phi) is 15.0. The first-order chi connectivity index (χ1) is 22.9. The highest BCUT2D eigenvalue weighted by Gasteiger charge is 2.22. The van der Waals surface area contributed by atoms with E-state index in [-0.39, 0.29) is 23.5 Å². The van der Waals surface area contributed by atoms with E-state index in [1.54, 1.807) is 0 Å². The maximum Gasteiger partial charge on any atom is 0.247 e. The summed E-state index contributed by atoms with van der Waals surface area (Å²) in [6.07, 6.45) is 5.87. The molecule has 1 amide bonds. The summed E-state index contributed by atoms with van der Waals surface area (Å²) in [5, 5.41) is 6.98. The van der Waals surface area contributed by atoms with Crippen LogP contribution in [0.5, 0.6) is 0 Å². The van der Waals surface area contributed by atoms with Crippen molar-refractivity contribution in [1.29, 1.82) is 0 Å². The van der Waals surface area contributed by atoms with Gasteiger partial charge in [-0.15, -0.1) is 0 Å². The van der Waals surface area contributed by atoms with E-state index in [2.05, 4.69) is 65.8 Å². The van der Waals surface area contributed by atoms with Gasteiger partial charge in [0, 0.05) is 43.0 Å². The van der Waals surface area contributed by atoms with Crippen LogP contribution in [-0.2, 0) is 16.0 Å². The molecule has 1 aromatic heterocycles. The topological polar surface area (TPSA) is 82.6 Å². The minimum Gasteiger partial charge on any atom is -0.377 e. The van der Waals surface area contributed by atoms with Gasteiger partial charge in [0.2, 0.25) is 11.9 Å². The van der Waals surface area contributed by atoms with Crippen LogP contribution in [0.4, 0.5) is 27.4 Å². The van der Waals surface area contributed by atoms with Crippen molar-refractivity contribution in [3.63, 3.8) is 0 Å². The number of ether oxygens (including phenoxy) is 1. The van der Waals surface area contributed by atoms with Crippen LogP contribution in [0.2, 0.25) is 5.02 Å². The van der Waals surface area contributed by atoms with Crippen LogP contribution in [0.1, 0.15) is 82.2 Å². The first-order valence-corrected chi connectivity index (χ1v) is 17.1. The molecule has 8 nitrogen and oxygen atoms in total. The van der Waals surface area contributed by atoms with Gasteiger partial charge in [-0.25, -0.2) is 14.4 Å². The van der Waals surface area contributed by atoms with Crippen LogP contribution < -0.4 is 15.5 Å². The summed E-state index contributed by atoms with van der Waals surface area (Å²) in [5.41, 5.74) is 6.81. The Balaban J connectivity index is 2.21. The van der Waals surface area contributed by atoms with Crippen molar-refractivity contribution in [3.8, 4) is 0 Å². The molecule has 2 aromatic carbocycles. The fourth-order valence-electron chi connectivity index (χ4n) is 5.42. The third-order valence-electron chi connectivity index (χ3n) is 8.23. The molecular formula is C38H52ClFN6O2. The van der Waals surface area contributed by atoms with E-state index in [1.807, 2.05) is 52.3 Å². The van der Waals surface area contributed by atoms with Gasteiger partial charge in [-0.2, -0.15) is 0 Å². The predicted octanol–water partition coefficient (Wildman–Crippen LogP) is 8.85. The minimum absolute atomic E-state index is 0.164. The van der Waals surface area contributed by atoms with E-state index < -0.39 is 5.82 Å². The Morgan fingerprint density at radius 2 is 1.85 bits per heavy atom. The smallest absolute Gasteiger partial charge is 0.247 e. The zero-order valence-electron chi connectivity index (χ0n) is 29.8. The van der Waals surface area contributed by atoms with Gasteiger partial charge in [0.15, 0.2) is 5.82 Å². The number of carbonyl (C=O) groups excluding carboxylic acids is 1. The Morgan fingerprint density at radius 3 is 2.50 bits per heavy atom. The van der Waals surface area contributed by atoms with E-state index in [0.717, 1.165) is 72.4 Å². The molecule has 1 unspecified atom stereocenters. The van der Waals surface area contributed by atoms with Crippen LogP contribution in [0, 0.1) is 5.82 Å². The van der Waals surface area contributed by atoms with Crippen molar-refractivity contribution < 1.29 is 13.9 Å². The van der Waals surface area contributed by atoms with Crippen LogP contribution in [0.15, 0.2) is 54.8 Å². The van der Waals surface area contributed by atoms with Gasteiger partial charge in [0.05, 0.1) is 24.2 Å². The van der Waals surface area contributed by atoms with Gasteiger partial charge in [0.1, 0.15) is 5.69 Å². The number of likely N-dealkylation sites (N-methyl/N-ethyl adjacent to an activating group) is 2. The SMILES string of the molecule is C=CC(=O)Nc1cc(Nc2ncc(F)c(/C(=C(/C)COCCC)c3ccc(Cl)cc3CCC)n2)c(C(C)CC)cc1N(C)CCN(C)C. The number of hydrogen-bond donors (Lipinski definition) is 2. The van der Waals surface area contributed by atoms with Gasteiger partial charge in [-0.1, -0.05) is 58.4 Å². The number of nitrogens with one attached hydrogen (secondary N) is 2. The van der Waals surface area contributed by atoms with Gasteiger partial charge >= 0.3 is 0 Å². The number of carbonyl (C=O) groups is 1. The average Bonchev–Trinajstić information content (AvgIpc) is 3.06. The monoisotopic (exact) mass is 678 g/mol. The normalized spacial score (nSPS) is 12.5. The molecule has 0 aliphatic carbocycles. The highest BCUT2D eigenvalue weighted by Crippen LogP contribution is 2.39. The highest BCUT2D eigenvalue weighted by molar-refractivity contribution is 6.30. The molecule has 1 heterocycles. The zero-order valence-corrected chi connectivity index (χ0v) is 30.6. The number of aryl methyl sites for hydroxylation is 1. The van der Waals surface area contributed by atoms with E-state index in [9.17, 15) is 4.79 Å². The molecule has 48 heavy (non-hydrogen) atoms. The lowest BCUT2D eigenvalue weighted by Gasteiger charge is -2.27. The molecular weight excluding hydrogens is 627 g/mol. The standard InChI is InChI=1S/C38H52ClFN6O2/c1-10-14-27-20-28(39)15-16-29(27)36(26(6)24-48-19-11-2)37-31(40)23-41-38(44-37)43-32-22-33(42-35(47)13-4)34(21-30(32)25(5)12-3)46(9)18-17-45(7)8/h13,15-16,20-23,25H,4,10-12,14,17-19,24H2,1-3,5-9H3,(H,42,47)(H,41,43,44)/b36-26-. The van der Waals surface area contributed by atoms with Crippen molar-refractivity contribution in [3.05, 3.63) is 88.0 Å². The van der Waals surface area contributed by atoms with E-state index >= 15 is 4.39 Å². The molecule has 0 radical (unpaired) electrons. The second-order valence-corrected chi connectivity index (χ2v) is 12.9. The number of rotatable bonds is 18. The summed E-state index contributed by atoms with van der Waals surface area (Å²) in [6.45, 7) is 16.5. The zero-order chi connectivity index (χ0) is 35.4. The summed E-state index contributed by atoms with van der Waals surface area (Å²) < 4.78 is 21.8. The quantitative estimate of drug-likeness (QED) is 0.103. The van der Waals surface area contributed by atoms with E-state index in [4.69, 9.17) is 21.3 Å². The van der Waals surface area contributed by atoms with Crippen LogP contribution in [0.25, 0.3) is 5.57 Å². The maximum absolute atomic E-state index is 15.8. The molecule has 0 aliphatic heterocycles. The lowest BCUT2D eigenvalue weighted by molar-refractivity contribution is -0.111. The second-order valence-electron chi connectivity index (χ2n) is 12.5. The first-order valence-electron chi connectivity index (χ1n) is 16.8. The molecule has 2 N–H and O–H groups in total. The first kappa shape index (κ1) is 38.7. The molecule has 1 atom stereocenters. The second kappa shape index (κ2) is 18.7. The van der Waals surface area contributed by atoms with Crippen LogP contribution >= 0.6 is 11.6 Å². The van der Waals surface area contributed by atoms with E-state index in [1.165, 1.54) is 12.3 Å². The fourth-order valence-corrected chi connectivity index (χ4v) is 5.61. The van der Waals surface area contributed by atoms with Crippen molar-refractivity contribution >= 4 is 46.1 Å². The number of hydrogen-bond acceptors (Lipinski definition) is 7. The molecule has 10 heteroatoms. The summed E-state index contributed by atoms with van der Waals surface area (Å²) in [6, 6.07) is 9.69. The average molecular weight is 679 g/mol. The van der Waals surface area contributed by atoms with Crippen molar-refractivity contribution in [2.75, 3.05) is 63.0 Å². The van der Waals surface area contributed by atoms with Crippen molar-refractivity contribution in [2.24, 2.45) is 0 Å². The van der Waals surface area contributed by atoms with Crippen molar-refractivity contribution in [1.82, 2.24) is 14.9 Å². The van der Waals surface area contributed by atoms with Gasteiger partial charge in [-0.3, -0.25) is 4.79 Å². The number of halogens is 2. The Morgan fingerprint density at radius 1 is 1.10 bits per heavy atom. The number of benzene rings is 2. The lowest BCUT2D eigenvalue weighted by atomic mass is 9.91. The molecule has 0 aliphatic rings. The Hall–Kier alpha value is -3.79. The molecule has 0 spiro atoms. The summed E-state index contributed by atoms with van der Waals surface area (Å²) >= 11 is 6.41. The summed E-state index contributed by atoms with van der Waals surface area (Å²) in [7, 11) is 6.07. The molecule has 260 valence electrons. The number of amides is 1. The third kappa shape index (κ3) is 10.4. The molecule has 0 saturated heterocycles. The van der Waals surface area contributed by atoms with Gasteiger partial charge in [0.25, 0.3) is 0 Å². The number of nitrogens with zero attached hydrogens (tertiary/aromatic N) is 4. The molecule has 0 bridgehead atoms. The Labute approximate surface area is 291 Å². The number of aromatic nitrogens is 2. The van der Waals surface area contributed by atoms with Gasteiger partial charge < -0.3 is 25.2 Å². The highest BCUT2D eigenvalue weighted by atomic mass is 35.5. The Bertz CT molecular complexity index is 1590. The van der Waals surface area contributed by atoms with Crippen LogP contribution in [0.3, 0.4) is 0 Å². The third-order valence-corrected chi connectivity index (χ3v) is 8.46. The van der Waals surface area contributed by atoms with E-state index in [0.29, 0.717) is 29.5 Å². The fraction of sp³-hybridized carbons (Fsp3) is 0.447. The summed E-state index contributed by atoms with van der Waals surface area (Å²) in [5.74, 6) is -0.462. The minimum atomic E-state index is -0.540. The predicted molar refractivity (Wildman–Crippen MR) is 199 cm³/mol. The van der Waals surface area contributed by atoms with Gasteiger partial charge in [-0.05, 0) is 98.8 Å². The van der Waals surface area contributed by atoms with Crippen LogP contribution in [-0.4, -0.2) is 68.2 Å². The largest absolute Gasteiger partial charge is 0.377 e. The van der Waals surface area contributed by atoms with Crippen molar-refractivity contribution in [2.45, 2.75) is 66.2 Å². The summed E-state index contributed by atoms with van der Waals surface area (Å²) in [4.78, 5) is 25.9. The maximum atomic E-state index is 15.8. The lowest BCUT2D eigenvalue weighted by Crippen LogP contribution is -2.29. The molecule has 3 rings (SSSR count). The molecule has 0 saturated carbocycles. The molecule has 0 fully saturated rings. The molecule has 3 aromatic rings. The number of anilines is 4.